The minimum absolute atomic E-state index is 0.0808. The van der Waals surface area contributed by atoms with Gasteiger partial charge in [-0.05, 0) is 36.6 Å². The summed E-state index contributed by atoms with van der Waals surface area (Å²) in [7, 11) is 4.89. The van der Waals surface area contributed by atoms with E-state index in [0.717, 1.165) is 11.1 Å². The maximum Gasteiger partial charge on any atom is 0.257 e. The number of thioether (sulfide) groups is 1. The molecule has 0 radical (unpaired) electrons. The number of carbonyl (C=O) groups is 1. The molecule has 0 unspecified atom stereocenters. The van der Waals surface area contributed by atoms with Crippen molar-refractivity contribution in [1.82, 2.24) is 14.9 Å². The number of hydrogen-bond acceptors (Lipinski definition) is 6. The van der Waals surface area contributed by atoms with E-state index in [-0.39, 0.29) is 17.2 Å². The van der Waals surface area contributed by atoms with E-state index in [0.29, 0.717) is 47.3 Å². The Bertz CT molecular complexity index is 1160. The maximum atomic E-state index is 12.9. The minimum atomic E-state index is -0.110. The standard InChI is InChI=1S/C25H29N3O4S/c1-17-20(14-18-8-6-5-7-9-18)24(30)28(2)25(27-17)33-16-23(29)26-13-12-19-10-11-21(31-3)22(15-19)32-4/h5-11,15H,12-14,16H2,1-4H3,(H,26,29). The van der Waals surface area contributed by atoms with Crippen LogP contribution in [0.4, 0.5) is 0 Å². The van der Waals surface area contributed by atoms with Crippen molar-refractivity contribution >= 4 is 17.7 Å². The fourth-order valence-electron chi connectivity index (χ4n) is 3.43. The fourth-order valence-corrected chi connectivity index (χ4v) is 4.27. The smallest absolute Gasteiger partial charge is 0.257 e. The van der Waals surface area contributed by atoms with Crippen LogP contribution >= 0.6 is 11.8 Å². The summed E-state index contributed by atoms with van der Waals surface area (Å²) >= 11 is 1.26. The normalized spacial score (nSPS) is 10.7. The fraction of sp³-hybridized carbons (Fsp3) is 0.320. The highest BCUT2D eigenvalue weighted by molar-refractivity contribution is 7.99. The Hall–Kier alpha value is -3.26. The molecule has 174 valence electrons. The zero-order valence-electron chi connectivity index (χ0n) is 19.4. The van der Waals surface area contributed by atoms with Crippen LogP contribution < -0.4 is 20.3 Å². The van der Waals surface area contributed by atoms with Crippen molar-refractivity contribution < 1.29 is 14.3 Å². The second-order valence-electron chi connectivity index (χ2n) is 7.56. The van der Waals surface area contributed by atoms with Gasteiger partial charge in [0.1, 0.15) is 0 Å². The number of aromatic nitrogens is 2. The maximum absolute atomic E-state index is 12.9. The second kappa shape index (κ2) is 11.6. The van der Waals surface area contributed by atoms with Crippen molar-refractivity contribution in [1.29, 1.82) is 0 Å². The number of rotatable bonds is 10. The first-order valence-electron chi connectivity index (χ1n) is 10.6. The number of benzene rings is 2. The van der Waals surface area contributed by atoms with Gasteiger partial charge >= 0.3 is 0 Å². The Balaban J connectivity index is 1.55. The summed E-state index contributed by atoms with van der Waals surface area (Å²) in [5.74, 6) is 1.41. The summed E-state index contributed by atoms with van der Waals surface area (Å²) in [6.07, 6.45) is 1.20. The molecule has 1 amide bonds. The molecule has 0 bridgehead atoms. The number of aryl methyl sites for hydroxylation is 1. The molecule has 1 N–H and O–H groups in total. The molecule has 0 aliphatic rings. The summed E-state index contributed by atoms with van der Waals surface area (Å²) in [6, 6.07) is 15.5. The van der Waals surface area contributed by atoms with Gasteiger partial charge in [0.25, 0.3) is 5.56 Å². The van der Waals surface area contributed by atoms with Crippen LogP contribution in [-0.2, 0) is 24.7 Å². The van der Waals surface area contributed by atoms with Crippen LogP contribution in [-0.4, -0.2) is 42.0 Å². The average Bonchev–Trinajstić information content (AvgIpc) is 2.83. The van der Waals surface area contributed by atoms with E-state index in [2.05, 4.69) is 10.3 Å². The summed E-state index contributed by atoms with van der Waals surface area (Å²) in [5.41, 5.74) is 3.39. The van der Waals surface area contributed by atoms with E-state index < -0.39 is 0 Å². The lowest BCUT2D eigenvalue weighted by atomic mass is 10.1. The quantitative estimate of drug-likeness (QED) is 0.364. The first-order chi connectivity index (χ1) is 15.9. The number of carbonyl (C=O) groups excluding carboxylic acids is 1. The van der Waals surface area contributed by atoms with Crippen LogP contribution in [0.1, 0.15) is 22.4 Å². The van der Waals surface area contributed by atoms with Gasteiger partial charge < -0.3 is 14.8 Å². The lowest BCUT2D eigenvalue weighted by Gasteiger charge is -2.12. The molecule has 3 aromatic rings. The van der Waals surface area contributed by atoms with Gasteiger partial charge in [-0.15, -0.1) is 0 Å². The van der Waals surface area contributed by atoms with Crippen molar-refractivity contribution in [3.63, 3.8) is 0 Å². The average molecular weight is 468 g/mol. The monoisotopic (exact) mass is 467 g/mol. The van der Waals surface area contributed by atoms with E-state index in [1.165, 1.54) is 16.3 Å². The SMILES string of the molecule is COc1ccc(CCNC(=O)CSc2nc(C)c(Cc3ccccc3)c(=O)n2C)cc1OC. The zero-order valence-corrected chi connectivity index (χ0v) is 20.2. The third-order valence-electron chi connectivity index (χ3n) is 5.29. The number of hydrogen-bond donors (Lipinski definition) is 1. The highest BCUT2D eigenvalue weighted by atomic mass is 32.2. The number of ether oxygens (including phenoxy) is 2. The van der Waals surface area contributed by atoms with Gasteiger partial charge in [0.2, 0.25) is 5.91 Å². The van der Waals surface area contributed by atoms with Crippen LogP contribution in [0.15, 0.2) is 58.5 Å². The molecular formula is C25H29N3O4S. The van der Waals surface area contributed by atoms with Gasteiger partial charge in [0.15, 0.2) is 16.7 Å². The van der Waals surface area contributed by atoms with E-state index in [9.17, 15) is 9.59 Å². The molecule has 0 saturated carbocycles. The molecule has 2 aromatic carbocycles. The Morgan fingerprint density at radius 3 is 2.48 bits per heavy atom. The molecule has 0 spiro atoms. The summed E-state index contributed by atoms with van der Waals surface area (Å²) < 4.78 is 12.1. The van der Waals surface area contributed by atoms with E-state index >= 15 is 0 Å². The molecule has 7 nitrogen and oxygen atoms in total. The minimum Gasteiger partial charge on any atom is -0.493 e. The Labute approximate surface area is 198 Å². The van der Waals surface area contributed by atoms with Crippen molar-refractivity contribution in [3.05, 3.63) is 81.3 Å². The van der Waals surface area contributed by atoms with Crippen LogP contribution in [0.5, 0.6) is 11.5 Å². The van der Waals surface area contributed by atoms with Gasteiger partial charge in [-0.25, -0.2) is 4.98 Å². The molecule has 1 heterocycles. The van der Waals surface area contributed by atoms with Crippen molar-refractivity contribution in [2.24, 2.45) is 7.05 Å². The number of nitrogens with zero attached hydrogens (tertiary/aromatic N) is 2. The summed E-state index contributed by atoms with van der Waals surface area (Å²) in [6.45, 7) is 2.34. The number of methoxy groups -OCH3 is 2. The number of nitrogens with one attached hydrogen (secondary N) is 1. The predicted octanol–water partition coefficient (Wildman–Crippen LogP) is 3.15. The Morgan fingerprint density at radius 2 is 1.79 bits per heavy atom. The van der Waals surface area contributed by atoms with Crippen LogP contribution in [0.2, 0.25) is 0 Å². The van der Waals surface area contributed by atoms with Gasteiger partial charge in [-0.3, -0.25) is 14.2 Å². The first-order valence-corrected chi connectivity index (χ1v) is 11.6. The van der Waals surface area contributed by atoms with E-state index in [1.54, 1.807) is 21.3 Å². The highest BCUT2D eigenvalue weighted by Gasteiger charge is 2.14. The van der Waals surface area contributed by atoms with Crippen LogP contribution in [0.3, 0.4) is 0 Å². The molecule has 8 heteroatoms. The topological polar surface area (TPSA) is 82.5 Å². The molecule has 33 heavy (non-hydrogen) atoms. The van der Waals surface area contributed by atoms with Crippen molar-refractivity contribution in [2.45, 2.75) is 24.9 Å². The first kappa shape index (κ1) is 24.4. The summed E-state index contributed by atoms with van der Waals surface area (Å²) in [5, 5.41) is 3.45. The molecular weight excluding hydrogens is 438 g/mol. The van der Waals surface area contributed by atoms with Crippen LogP contribution in [0.25, 0.3) is 0 Å². The third-order valence-corrected chi connectivity index (χ3v) is 6.32. The highest BCUT2D eigenvalue weighted by Crippen LogP contribution is 2.27. The molecule has 0 aliphatic heterocycles. The third kappa shape index (κ3) is 6.38. The summed E-state index contributed by atoms with van der Waals surface area (Å²) in [4.78, 5) is 29.8. The predicted molar refractivity (Wildman–Crippen MR) is 130 cm³/mol. The van der Waals surface area contributed by atoms with Crippen LogP contribution in [0, 0.1) is 6.92 Å². The largest absolute Gasteiger partial charge is 0.493 e. The molecule has 1 aromatic heterocycles. The molecule has 0 aliphatic carbocycles. The number of amides is 1. The van der Waals surface area contributed by atoms with Crippen molar-refractivity contribution in [3.8, 4) is 11.5 Å². The molecule has 3 rings (SSSR count). The molecule has 0 saturated heterocycles. The second-order valence-corrected chi connectivity index (χ2v) is 8.51. The van der Waals surface area contributed by atoms with Gasteiger partial charge in [-0.2, -0.15) is 0 Å². The lowest BCUT2D eigenvalue weighted by Crippen LogP contribution is -2.29. The van der Waals surface area contributed by atoms with Gasteiger partial charge in [0, 0.05) is 31.3 Å². The lowest BCUT2D eigenvalue weighted by molar-refractivity contribution is -0.118. The Kier molecular flexibility index (Phi) is 8.54. The van der Waals surface area contributed by atoms with Gasteiger partial charge in [0.05, 0.1) is 20.0 Å². The zero-order chi connectivity index (χ0) is 23.8. The van der Waals surface area contributed by atoms with Gasteiger partial charge in [-0.1, -0.05) is 48.2 Å². The molecule has 0 fully saturated rings. The van der Waals surface area contributed by atoms with E-state index in [1.807, 2.05) is 55.5 Å². The van der Waals surface area contributed by atoms with E-state index in [4.69, 9.17) is 9.47 Å². The molecule has 0 atom stereocenters. The van der Waals surface area contributed by atoms with Crippen molar-refractivity contribution in [2.75, 3.05) is 26.5 Å². The Morgan fingerprint density at radius 1 is 1.06 bits per heavy atom.